The lowest BCUT2D eigenvalue weighted by Crippen LogP contribution is -3.00. The van der Waals surface area contributed by atoms with Crippen LogP contribution in [0.3, 0.4) is 0 Å². The predicted molar refractivity (Wildman–Crippen MR) is 75.3 cm³/mol. The lowest BCUT2D eigenvalue weighted by molar-refractivity contribution is -0.683. The van der Waals surface area contributed by atoms with Gasteiger partial charge in [0.1, 0.15) is 0 Å². The Hall–Kier alpha value is -2.21. The van der Waals surface area contributed by atoms with Crippen molar-refractivity contribution in [3.8, 4) is 11.5 Å². The molecule has 0 saturated carbocycles. The molecule has 0 fully saturated rings. The van der Waals surface area contributed by atoms with E-state index in [9.17, 15) is 9.59 Å². The summed E-state index contributed by atoms with van der Waals surface area (Å²) < 4.78 is 11.9. The van der Waals surface area contributed by atoms with Gasteiger partial charge >= 0.3 is 5.97 Å². The van der Waals surface area contributed by atoms with E-state index >= 15 is 0 Å². The smallest absolute Gasteiger partial charge is 0.308 e. The number of halogens is 1. The first-order valence-corrected chi connectivity index (χ1v) is 6.44. The van der Waals surface area contributed by atoms with Gasteiger partial charge in [0, 0.05) is 24.6 Å². The number of carbonyl (C=O) groups is 2. The van der Waals surface area contributed by atoms with Crippen LogP contribution in [-0.2, 0) is 11.3 Å². The van der Waals surface area contributed by atoms with Crippen LogP contribution in [0, 0.1) is 0 Å². The van der Waals surface area contributed by atoms with E-state index in [4.69, 9.17) is 9.47 Å². The van der Waals surface area contributed by atoms with Crippen molar-refractivity contribution >= 4 is 11.8 Å². The summed E-state index contributed by atoms with van der Waals surface area (Å²) in [5.41, 5.74) is 0.499. The number of hydrogen-bond donors (Lipinski definition) is 0. The average molecular weight is 366 g/mol. The van der Waals surface area contributed by atoms with E-state index in [2.05, 4.69) is 0 Å². The largest absolute Gasteiger partial charge is 1.00 e. The third-order valence-electron chi connectivity index (χ3n) is 2.84. The molecule has 0 atom stereocenters. The van der Waals surface area contributed by atoms with E-state index < -0.39 is 5.97 Å². The molecule has 2 rings (SSSR count). The van der Waals surface area contributed by atoms with Gasteiger partial charge in [-0.25, -0.2) is 0 Å². The number of pyridine rings is 1. The fourth-order valence-electron chi connectivity index (χ4n) is 1.88. The Balaban J connectivity index is 0.00000242. The van der Waals surface area contributed by atoms with E-state index in [1.807, 2.05) is 30.6 Å². The molecule has 22 heavy (non-hydrogen) atoms. The Kier molecular flexibility index (Phi) is 6.72. The molecular formula is C16H16BrNO4. The summed E-state index contributed by atoms with van der Waals surface area (Å²) in [7, 11) is 1.46. The number of Topliss-reactive ketones (excluding diaryl/α,β-unsaturated/α-hetero) is 1. The first-order chi connectivity index (χ1) is 10.1. The number of rotatable bonds is 5. The number of ether oxygens (including phenoxy) is 2. The second-order valence-corrected chi connectivity index (χ2v) is 4.43. The molecule has 0 saturated heterocycles. The van der Waals surface area contributed by atoms with Crippen molar-refractivity contribution in [3.63, 3.8) is 0 Å². The highest BCUT2D eigenvalue weighted by molar-refractivity contribution is 5.95. The van der Waals surface area contributed by atoms with Gasteiger partial charge in [-0.05, 0) is 18.2 Å². The van der Waals surface area contributed by atoms with Gasteiger partial charge in [0.25, 0.3) is 0 Å². The third kappa shape index (κ3) is 4.66. The number of nitrogens with zero attached hydrogens (tertiary/aromatic N) is 1. The van der Waals surface area contributed by atoms with Gasteiger partial charge in [-0.2, -0.15) is 4.57 Å². The van der Waals surface area contributed by atoms with Crippen molar-refractivity contribution in [3.05, 3.63) is 54.4 Å². The lowest BCUT2D eigenvalue weighted by atomic mass is 10.1. The van der Waals surface area contributed by atoms with Crippen LogP contribution in [0.15, 0.2) is 48.8 Å². The minimum absolute atomic E-state index is 0. The zero-order chi connectivity index (χ0) is 15.2. The maximum Gasteiger partial charge on any atom is 0.308 e. The quantitative estimate of drug-likeness (QED) is 0.289. The van der Waals surface area contributed by atoms with Crippen molar-refractivity contribution in [2.75, 3.05) is 7.11 Å². The number of aromatic nitrogens is 1. The SMILES string of the molecule is COc1cc(C(=O)C[n+]2ccccc2)ccc1OC(C)=O.[Br-]. The number of benzene rings is 1. The molecule has 0 unspecified atom stereocenters. The van der Waals surface area contributed by atoms with Crippen LogP contribution in [0.5, 0.6) is 11.5 Å². The first-order valence-electron chi connectivity index (χ1n) is 6.44. The van der Waals surface area contributed by atoms with Crippen LogP contribution < -0.4 is 31.0 Å². The Bertz CT molecular complexity index is 658. The molecular weight excluding hydrogens is 350 g/mol. The van der Waals surface area contributed by atoms with Crippen molar-refractivity contribution in [1.29, 1.82) is 0 Å². The van der Waals surface area contributed by atoms with E-state index in [-0.39, 0.29) is 29.3 Å². The summed E-state index contributed by atoms with van der Waals surface area (Å²) in [6, 6.07) is 10.4. The van der Waals surface area contributed by atoms with Gasteiger partial charge in [0.05, 0.1) is 7.11 Å². The molecule has 0 bridgehead atoms. The Morgan fingerprint density at radius 2 is 1.77 bits per heavy atom. The summed E-state index contributed by atoms with van der Waals surface area (Å²) in [6.07, 6.45) is 3.64. The highest BCUT2D eigenvalue weighted by atomic mass is 79.9. The predicted octanol–water partition coefficient (Wildman–Crippen LogP) is -1.21. The fraction of sp³-hybridized carbons (Fsp3) is 0.188. The molecule has 0 N–H and O–H groups in total. The van der Waals surface area contributed by atoms with Gasteiger partial charge in [-0.1, -0.05) is 6.07 Å². The van der Waals surface area contributed by atoms with Gasteiger partial charge < -0.3 is 26.5 Å². The molecule has 6 heteroatoms. The molecule has 0 aliphatic carbocycles. The third-order valence-corrected chi connectivity index (χ3v) is 2.84. The normalized spacial score (nSPS) is 9.55. The Labute approximate surface area is 139 Å². The highest BCUT2D eigenvalue weighted by Gasteiger charge is 2.15. The minimum atomic E-state index is -0.438. The average Bonchev–Trinajstić information content (AvgIpc) is 2.48. The Morgan fingerprint density at radius 1 is 1.09 bits per heavy atom. The van der Waals surface area contributed by atoms with Crippen molar-refractivity contribution in [1.82, 2.24) is 0 Å². The second-order valence-electron chi connectivity index (χ2n) is 4.43. The van der Waals surface area contributed by atoms with Crippen LogP contribution in [-0.4, -0.2) is 18.9 Å². The zero-order valence-electron chi connectivity index (χ0n) is 12.3. The summed E-state index contributed by atoms with van der Waals surface area (Å²) in [6.45, 7) is 1.54. The minimum Gasteiger partial charge on any atom is -1.00 e. The lowest BCUT2D eigenvalue weighted by Gasteiger charge is -2.09. The topological polar surface area (TPSA) is 56.5 Å². The summed E-state index contributed by atoms with van der Waals surface area (Å²) >= 11 is 0. The van der Waals surface area contributed by atoms with Crippen LogP contribution in [0.4, 0.5) is 0 Å². The van der Waals surface area contributed by atoms with Gasteiger partial charge in [0.2, 0.25) is 12.3 Å². The molecule has 0 amide bonds. The van der Waals surface area contributed by atoms with E-state index in [0.717, 1.165) is 0 Å². The number of hydrogen-bond acceptors (Lipinski definition) is 4. The molecule has 0 aliphatic heterocycles. The number of methoxy groups -OCH3 is 1. The first kappa shape index (κ1) is 17.8. The van der Waals surface area contributed by atoms with Crippen molar-refractivity contribution in [2.24, 2.45) is 0 Å². The number of ketones is 1. The Morgan fingerprint density at radius 3 is 2.36 bits per heavy atom. The van der Waals surface area contributed by atoms with Crippen LogP contribution >= 0.6 is 0 Å². The van der Waals surface area contributed by atoms with Gasteiger partial charge in [0.15, 0.2) is 23.9 Å². The van der Waals surface area contributed by atoms with Crippen LogP contribution in [0.1, 0.15) is 17.3 Å². The summed E-state index contributed by atoms with van der Waals surface area (Å²) in [4.78, 5) is 23.2. The van der Waals surface area contributed by atoms with Crippen molar-refractivity contribution in [2.45, 2.75) is 13.5 Å². The second kappa shape index (κ2) is 8.29. The van der Waals surface area contributed by atoms with Gasteiger partial charge in [-0.15, -0.1) is 0 Å². The molecule has 1 aromatic carbocycles. The molecule has 0 radical (unpaired) electrons. The highest BCUT2D eigenvalue weighted by Crippen LogP contribution is 2.28. The molecule has 0 aliphatic rings. The number of esters is 1. The maximum absolute atomic E-state index is 12.2. The standard InChI is InChI=1S/C16H16NO4.BrH/c1-12(18)21-15-7-6-13(10-16(15)20-2)14(19)11-17-8-4-3-5-9-17;/h3-10H,11H2,1-2H3;1H/q+1;/p-1. The fourth-order valence-corrected chi connectivity index (χ4v) is 1.88. The molecule has 1 aromatic heterocycles. The summed E-state index contributed by atoms with van der Waals surface area (Å²) in [5, 5.41) is 0. The van der Waals surface area contributed by atoms with Crippen molar-refractivity contribution < 1.29 is 40.6 Å². The van der Waals surface area contributed by atoms with E-state index in [1.165, 1.54) is 14.0 Å². The molecule has 0 spiro atoms. The monoisotopic (exact) mass is 365 g/mol. The van der Waals surface area contributed by atoms with Gasteiger partial charge in [-0.3, -0.25) is 9.59 Å². The van der Waals surface area contributed by atoms with Crippen LogP contribution in [0.2, 0.25) is 0 Å². The van der Waals surface area contributed by atoms with E-state index in [0.29, 0.717) is 17.1 Å². The maximum atomic E-state index is 12.2. The summed E-state index contributed by atoms with van der Waals surface area (Å²) in [5.74, 6) is 0.161. The molecule has 1 heterocycles. The molecule has 116 valence electrons. The zero-order valence-corrected chi connectivity index (χ0v) is 13.9. The van der Waals surface area contributed by atoms with Crippen LogP contribution in [0.25, 0.3) is 0 Å². The molecule has 2 aromatic rings. The number of carbonyl (C=O) groups excluding carboxylic acids is 2. The molecule has 5 nitrogen and oxygen atoms in total. The van der Waals surface area contributed by atoms with E-state index in [1.54, 1.807) is 22.8 Å².